The van der Waals surface area contributed by atoms with E-state index in [0.29, 0.717) is 15.8 Å². The maximum absolute atomic E-state index is 12.9. The zero-order valence-electron chi connectivity index (χ0n) is 16.2. The van der Waals surface area contributed by atoms with Gasteiger partial charge in [-0.3, -0.25) is 4.52 Å². The molecule has 0 unspecified atom stereocenters. The van der Waals surface area contributed by atoms with E-state index >= 15 is 0 Å². The Morgan fingerprint density at radius 1 is 1.19 bits per heavy atom. The van der Waals surface area contributed by atoms with Gasteiger partial charge in [0.2, 0.25) is 11.0 Å². The summed E-state index contributed by atoms with van der Waals surface area (Å²) in [5.74, 6) is -0.491. The molecule has 0 bridgehead atoms. The van der Waals surface area contributed by atoms with Gasteiger partial charge >= 0.3 is 5.88 Å². The molecule has 1 aromatic carbocycles. The quantitative estimate of drug-likeness (QED) is 0.238. The van der Waals surface area contributed by atoms with Crippen molar-refractivity contribution >= 4 is 56.2 Å². The zero-order chi connectivity index (χ0) is 22.2. The van der Waals surface area contributed by atoms with Gasteiger partial charge in [0, 0.05) is 33.9 Å². The highest BCUT2D eigenvalue weighted by molar-refractivity contribution is 7.21. The standard InChI is InChI=1S/C21H13N7O2S2/c22-9-12-15(13-7-4-8-31-13)16-17(23)18(32-21(16)26-19(12)24)20(29)25-14-10-28(27-30-14)11-5-2-1-3-6-11/h1-8,10H,(H4-,23,24,25,26,27,29). The number of nitrogen functional groups attached to an aromatic ring is 2. The van der Waals surface area contributed by atoms with Gasteiger partial charge in [-0.2, -0.15) is 5.26 Å². The van der Waals surface area contributed by atoms with Crippen molar-refractivity contribution in [1.29, 1.82) is 5.26 Å². The van der Waals surface area contributed by atoms with Gasteiger partial charge < -0.3 is 16.6 Å². The third-order valence-electron chi connectivity index (χ3n) is 4.67. The number of nitrogens with two attached hydrogens (primary N) is 2. The highest BCUT2D eigenvalue weighted by atomic mass is 32.1. The number of para-hydroxylation sites is 1. The van der Waals surface area contributed by atoms with Crippen LogP contribution in [-0.4, -0.2) is 16.2 Å². The predicted octanol–water partition coefficient (Wildman–Crippen LogP) is 2.76. The van der Waals surface area contributed by atoms with Crippen molar-refractivity contribution in [3.8, 4) is 22.2 Å². The number of nitriles is 1. The number of thiophene rings is 2. The van der Waals surface area contributed by atoms with Crippen LogP contribution in [0.4, 0.5) is 17.4 Å². The lowest BCUT2D eigenvalue weighted by atomic mass is 10.0. The Hall–Kier alpha value is -4.27. The number of pyridine rings is 1. The van der Waals surface area contributed by atoms with E-state index in [1.807, 2.05) is 47.8 Å². The normalized spacial score (nSPS) is 11.7. The summed E-state index contributed by atoms with van der Waals surface area (Å²) < 4.78 is 6.64. The Bertz CT molecular complexity index is 1510. The Kier molecular flexibility index (Phi) is 4.78. The van der Waals surface area contributed by atoms with E-state index in [4.69, 9.17) is 16.0 Å². The number of benzene rings is 1. The van der Waals surface area contributed by atoms with Crippen LogP contribution >= 0.6 is 22.7 Å². The fourth-order valence-electron chi connectivity index (χ4n) is 3.25. The number of hydrogen-bond donors (Lipinski definition) is 2. The van der Waals surface area contributed by atoms with Crippen LogP contribution in [0.25, 0.3) is 26.3 Å². The smallest absolute Gasteiger partial charge is 0.321 e. The third kappa shape index (κ3) is 3.24. The minimum Gasteiger partial charge on any atom is -0.857 e. The maximum atomic E-state index is 12.9. The van der Waals surface area contributed by atoms with Crippen molar-refractivity contribution in [3.63, 3.8) is 0 Å². The van der Waals surface area contributed by atoms with E-state index in [1.165, 1.54) is 22.2 Å². The fourth-order valence-corrected chi connectivity index (χ4v) is 5.03. The van der Waals surface area contributed by atoms with Gasteiger partial charge in [0.15, 0.2) is 0 Å². The van der Waals surface area contributed by atoms with Crippen LogP contribution < -0.4 is 21.3 Å². The molecule has 0 aliphatic carbocycles. The average molecular weight is 460 g/mol. The van der Waals surface area contributed by atoms with Crippen LogP contribution in [-0.2, 0) is 0 Å². The Morgan fingerprint density at radius 2 is 2.00 bits per heavy atom. The molecule has 0 aliphatic heterocycles. The molecule has 9 nitrogen and oxygen atoms in total. The molecule has 156 valence electrons. The summed E-state index contributed by atoms with van der Waals surface area (Å²) in [6.45, 7) is 0. The molecule has 0 fully saturated rings. The monoisotopic (exact) mass is 459 g/mol. The van der Waals surface area contributed by atoms with Crippen LogP contribution in [0.3, 0.4) is 0 Å². The lowest BCUT2D eigenvalue weighted by Crippen LogP contribution is -2.30. The van der Waals surface area contributed by atoms with Crippen LogP contribution in [0.15, 0.2) is 63.6 Å². The second kappa shape index (κ2) is 7.77. The largest absolute Gasteiger partial charge is 0.857 e. The van der Waals surface area contributed by atoms with Gasteiger partial charge in [-0.25, -0.2) is 9.98 Å². The molecule has 32 heavy (non-hydrogen) atoms. The van der Waals surface area contributed by atoms with E-state index in [-0.39, 0.29) is 27.8 Å². The zero-order valence-corrected chi connectivity index (χ0v) is 17.9. The van der Waals surface area contributed by atoms with Gasteiger partial charge in [0.1, 0.15) is 22.3 Å². The molecular weight excluding hydrogens is 446 g/mol. The summed E-state index contributed by atoms with van der Waals surface area (Å²) in [7, 11) is 0. The summed E-state index contributed by atoms with van der Waals surface area (Å²) in [6, 6.07) is 15.1. The van der Waals surface area contributed by atoms with Crippen molar-refractivity contribution in [2.75, 3.05) is 11.5 Å². The predicted molar refractivity (Wildman–Crippen MR) is 121 cm³/mol. The summed E-state index contributed by atoms with van der Waals surface area (Å²) in [6.07, 6.45) is 1.50. The summed E-state index contributed by atoms with van der Waals surface area (Å²) in [4.78, 5) is 9.75. The Morgan fingerprint density at radius 3 is 2.72 bits per heavy atom. The first-order valence-corrected chi connectivity index (χ1v) is 10.9. The number of nitrogens with zero attached hydrogens (tertiary/aromatic N) is 5. The van der Waals surface area contributed by atoms with E-state index in [0.717, 1.165) is 21.9 Å². The molecule has 5 aromatic rings. The van der Waals surface area contributed by atoms with Crippen LogP contribution in [0, 0.1) is 11.3 Å². The van der Waals surface area contributed by atoms with Gasteiger partial charge in [-0.15, -0.1) is 22.7 Å². The molecule has 5 rings (SSSR count). The molecule has 0 amide bonds. The van der Waals surface area contributed by atoms with Crippen molar-refractivity contribution in [2.45, 2.75) is 0 Å². The highest BCUT2D eigenvalue weighted by Crippen LogP contribution is 2.43. The molecule has 0 saturated carbocycles. The van der Waals surface area contributed by atoms with Gasteiger partial charge in [-0.1, -0.05) is 24.3 Å². The summed E-state index contributed by atoms with van der Waals surface area (Å²) in [5, 5.41) is 28.9. The third-order valence-corrected chi connectivity index (χ3v) is 6.64. The highest BCUT2D eigenvalue weighted by Gasteiger charge is 2.22. The number of anilines is 2. The van der Waals surface area contributed by atoms with E-state index in [1.54, 1.807) is 0 Å². The van der Waals surface area contributed by atoms with Gasteiger partial charge in [-0.05, 0) is 16.1 Å². The molecule has 11 heteroatoms. The second-order valence-electron chi connectivity index (χ2n) is 6.60. The summed E-state index contributed by atoms with van der Waals surface area (Å²) >= 11 is 2.51. The van der Waals surface area contributed by atoms with Crippen LogP contribution in [0.5, 0.6) is 0 Å². The number of fused-ring (bicyclic) bond motifs is 1. The SMILES string of the molecule is N#Cc1c(N)nc2sc(/C([O-])=N/c3c[n+](-c4ccccc4)no3)c(N)c2c1-c1cccs1. The van der Waals surface area contributed by atoms with E-state index in [2.05, 4.69) is 21.3 Å². The number of rotatable bonds is 4. The topological polar surface area (TPSA) is 154 Å². The lowest BCUT2D eigenvalue weighted by Gasteiger charge is -2.09. The fraction of sp³-hybridized carbons (Fsp3) is 0. The Labute approximate surface area is 189 Å². The van der Waals surface area contributed by atoms with Crippen molar-refractivity contribution in [2.24, 2.45) is 4.99 Å². The van der Waals surface area contributed by atoms with E-state index < -0.39 is 5.90 Å². The minimum absolute atomic E-state index is 0.0272. The van der Waals surface area contributed by atoms with Crippen molar-refractivity contribution in [3.05, 3.63) is 64.5 Å². The second-order valence-corrected chi connectivity index (χ2v) is 8.55. The first kappa shape index (κ1) is 19.7. The molecule has 0 atom stereocenters. The molecule has 4 aromatic heterocycles. The number of aliphatic imine (C=N–C) groups is 1. The molecule has 0 saturated heterocycles. The minimum atomic E-state index is -0.601. The average Bonchev–Trinajstić information content (AvgIpc) is 3.54. The first-order chi connectivity index (χ1) is 15.6. The summed E-state index contributed by atoms with van der Waals surface area (Å²) in [5.41, 5.74) is 14.1. The number of hydrogen-bond acceptors (Lipinski definition) is 10. The van der Waals surface area contributed by atoms with Crippen LogP contribution in [0.2, 0.25) is 0 Å². The van der Waals surface area contributed by atoms with Crippen molar-refractivity contribution in [1.82, 2.24) is 10.3 Å². The molecular formula is C21H13N7O2S2. The molecule has 0 spiro atoms. The van der Waals surface area contributed by atoms with Crippen LogP contribution in [0.1, 0.15) is 10.4 Å². The molecule has 4 heterocycles. The Balaban J connectivity index is 1.63. The lowest BCUT2D eigenvalue weighted by molar-refractivity contribution is -0.670. The first-order valence-electron chi connectivity index (χ1n) is 9.22. The van der Waals surface area contributed by atoms with Crippen molar-refractivity contribution < 1.29 is 14.3 Å². The van der Waals surface area contributed by atoms with E-state index in [9.17, 15) is 10.4 Å². The molecule has 4 N–H and O–H groups in total. The molecule has 0 radical (unpaired) electrons. The number of aromatic nitrogens is 3. The van der Waals surface area contributed by atoms with Gasteiger partial charge in [0.05, 0.1) is 10.6 Å². The maximum Gasteiger partial charge on any atom is 0.321 e. The van der Waals surface area contributed by atoms with Gasteiger partial charge in [0.25, 0.3) is 6.20 Å². The molecule has 0 aliphatic rings.